The zero-order valence-electron chi connectivity index (χ0n) is 18.3. The summed E-state index contributed by atoms with van der Waals surface area (Å²) in [7, 11) is 4.72. The Morgan fingerprint density at radius 1 is 0.844 bits per heavy atom. The predicted molar refractivity (Wildman–Crippen MR) is 121 cm³/mol. The van der Waals surface area contributed by atoms with E-state index < -0.39 is 11.7 Å². The fourth-order valence-corrected chi connectivity index (χ4v) is 3.60. The lowest BCUT2D eigenvalue weighted by molar-refractivity contribution is 0.199. The smallest absolute Gasteiger partial charge is 0.344 e. The van der Waals surface area contributed by atoms with Gasteiger partial charge in [-0.25, -0.2) is 4.79 Å². The molecule has 0 fully saturated rings. The molecule has 0 amide bonds. The number of benzene rings is 3. The fraction of sp³-hybridized carbons (Fsp3) is 0.240. The van der Waals surface area contributed by atoms with Gasteiger partial charge in [0.05, 0.1) is 32.8 Å². The van der Waals surface area contributed by atoms with E-state index in [4.69, 9.17) is 23.4 Å². The molecule has 0 spiro atoms. The lowest BCUT2D eigenvalue weighted by Crippen LogP contribution is -2.03. The minimum atomic E-state index is -0.685. The molecule has 1 heterocycles. The van der Waals surface area contributed by atoms with Crippen molar-refractivity contribution in [3.63, 3.8) is 0 Å². The van der Waals surface area contributed by atoms with Crippen LogP contribution in [0.3, 0.4) is 0 Å². The van der Waals surface area contributed by atoms with Crippen molar-refractivity contribution in [2.24, 2.45) is 0 Å². The SMILES string of the molecule is COc1cc(COc2cc3oc(=O)c4cc(C(C)O)ccc4c3cc2OC)cc(OC)c1. The molecule has 166 valence electrons. The average molecular weight is 436 g/mol. The second-order valence-corrected chi connectivity index (χ2v) is 7.38. The second kappa shape index (κ2) is 8.80. The summed E-state index contributed by atoms with van der Waals surface area (Å²) >= 11 is 0. The van der Waals surface area contributed by atoms with Gasteiger partial charge in [-0.05, 0) is 42.3 Å². The van der Waals surface area contributed by atoms with E-state index in [1.54, 1.807) is 64.7 Å². The van der Waals surface area contributed by atoms with Crippen LogP contribution in [0.15, 0.2) is 57.7 Å². The molecular weight excluding hydrogens is 412 g/mol. The molecular formula is C25H24O7. The normalized spacial score (nSPS) is 12.0. The molecule has 1 aromatic heterocycles. The molecule has 7 nitrogen and oxygen atoms in total. The Kier molecular flexibility index (Phi) is 5.92. The Labute approximate surface area is 184 Å². The summed E-state index contributed by atoms with van der Waals surface area (Å²) in [6.07, 6.45) is -0.685. The molecule has 0 aliphatic heterocycles. The third-order valence-electron chi connectivity index (χ3n) is 5.31. The Morgan fingerprint density at radius 2 is 1.56 bits per heavy atom. The van der Waals surface area contributed by atoms with Crippen molar-refractivity contribution >= 4 is 21.7 Å². The number of hydrogen-bond donors (Lipinski definition) is 1. The van der Waals surface area contributed by atoms with Crippen LogP contribution in [0.2, 0.25) is 0 Å². The quantitative estimate of drug-likeness (QED) is 0.334. The van der Waals surface area contributed by atoms with Crippen LogP contribution in [0, 0.1) is 0 Å². The van der Waals surface area contributed by atoms with Gasteiger partial charge in [0, 0.05) is 22.9 Å². The number of aliphatic hydroxyl groups is 1. The summed E-state index contributed by atoms with van der Waals surface area (Å²) in [5.74, 6) is 2.25. The minimum absolute atomic E-state index is 0.227. The monoisotopic (exact) mass is 436 g/mol. The van der Waals surface area contributed by atoms with Crippen molar-refractivity contribution in [1.29, 1.82) is 0 Å². The highest BCUT2D eigenvalue weighted by atomic mass is 16.5. The third kappa shape index (κ3) is 4.07. The van der Waals surface area contributed by atoms with Crippen LogP contribution in [-0.2, 0) is 6.61 Å². The molecule has 1 N–H and O–H groups in total. The lowest BCUT2D eigenvalue weighted by atomic mass is 10.0. The molecule has 1 unspecified atom stereocenters. The third-order valence-corrected chi connectivity index (χ3v) is 5.31. The van der Waals surface area contributed by atoms with Crippen molar-refractivity contribution in [1.82, 2.24) is 0 Å². The fourth-order valence-electron chi connectivity index (χ4n) is 3.60. The van der Waals surface area contributed by atoms with Crippen molar-refractivity contribution in [3.8, 4) is 23.0 Å². The van der Waals surface area contributed by atoms with E-state index in [-0.39, 0.29) is 6.61 Å². The summed E-state index contributed by atoms with van der Waals surface area (Å²) in [6, 6.07) is 14.2. The zero-order valence-corrected chi connectivity index (χ0v) is 18.3. The molecule has 4 rings (SSSR count). The first-order valence-electron chi connectivity index (χ1n) is 10.0. The van der Waals surface area contributed by atoms with Gasteiger partial charge < -0.3 is 28.5 Å². The van der Waals surface area contributed by atoms with Crippen LogP contribution >= 0.6 is 0 Å². The van der Waals surface area contributed by atoms with Gasteiger partial charge in [0.1, 0.15) is 23.7 Å². The molecule has 3 aromatic carbocycles. The molecule has 0 radical (unpaired) electrons. The molecule has 4 aromatic rings. The molecule has 0 aliphatic carbocycles. The summed E-state index contributed by atoms with van der Waals surface area (Å²) in [5.41, 5.74) is 1.38. The molecule has 0 bridgehead atoms. The van der Waals surface area contributed by atoms with Crippen LogP contribution in [0.1, 0.15) is 24.2 Å². The van der Waals surface area contributed by atoms with Gasteiger partial charge in [-0.1, -0.05) is 12.1 Å². The van der Waals surface area contributed by atoms with E-state index in [9.17, 15) is 9.90 Å². The maximum absolute atomic E-state index is 12.6. The Balaban J connectivity index is 1.75. The molecule has 0 saturated heterocycles. The lowest BCUT2D eigenvalue weighted by Gasteiger charge is -2.14. The number of fused-ring (bicyclic) bond motifs is 3. The number of hydrogen-bond acceptors (Lipinski definition) is 7. The van der Waals surface area contributed by atoms with Gasteiger partial charge in [-0.2, -0.15) is 0 Å². The van der Waals surface area contributed by atoms with Gasteiger partial charge in [0.15, 0.2) is 11.5 Å². The van der Waals surface area contributed by atoms with Crippen LogP contribution in [0.5, 0.6) is 23.0 Å². The first kappa shape index (κ1) is 21.5. The molecule has 32 heavy (non-hydrogen) atoms. The zero-order chi connectivity index (χ0) is 22.8. The average Bonchev–Trinajstić information content (AvgIpc) is 2.81. The predicted octanol–water partition coefficient (Wildman–Crippen LogP) is 4.60. The Morgan fingerprint density at radius 3 is 2.19 bits per heavy atom. The molecule has 0 aliphatic rings. The maximum Gasteiger partial charge on any atom is 0.344 e. The van der Waals surface area contributed by atoms with Crippen molar-refractivity contribution in [3.05, 3.63) is 70.1 Å². The van der Waals surface area contributed by atoms with Gasteiger partial charge in [-0.15, -0.1) is 0 Å². The highest BCUT2D eigenvalue weighted by Gasteiger charge is 2.15. The van der Waals surface area contributed by atoms with Gasteiger partial charge >= 0.3 is 5.63 Å². The van der Waals surface area contributed by atoms with E-state index in [1.807, 2.05) is 12.1 Å². The van der Waals surface area contributed by atoms with Crippen molar-refractivity contribution in [2.75, 3.05) is 21.3 Å². The first-order valence-corrected chi connectivity index (χ1v) is 10.0. The minimum Gasteiger partial charge on any atom is -0.497 e. The van der Waals surface area contributed by atoms with Gasteiger partial charge in [0.2, 0.25) is 0 Å². The van der Waals surface area contributed by atoms with E-state index in [1.165, 1.54) is 0 Å². The van der Waals surface area contributed by atoms with Crippen LogP contribution in [0.25, 0.3) is 21.7 Å². The Hall–Kier alpha value is -3.71. The molecule has 7 heteroatoms. The number of ether oxygens (including phenoxy) is 4. The summed E-state index contributed by atoms with van der Waals surface area (Å²) in [4.78, 5) is 12.6. The number of rotatable bonds is 7. The summed E-state index contributed by atoms with van der Waals surface area (Å²) in [6.45, 7) is 1.87. The highest BCUT2D eigenvalue weighted by molar-refractivity contribution is 6.05. The second-order valence-electron chi connectivity index (χ2n) is 7.38. The highest BCUT2D eigenvalue weighted by Crippen LogP contribution is 2.36. The summed E-state index contributed by atoms with van der Waals surface area (Å²) < 4.78 is 27.7. The largest absolute Gasteiger partial charge is 0.497 e. The van der Waals surface area contributed by atoms with E-state index in [2.05, 4.69) is 0 Å². The van der Waals surface area contributed by atoms with Crippen LogP contribution < -0.4 is 24.6 Å². The number of aliphatic hydroxyl groups excluding tert-OH is 1. The first-order chi connectivity index (χ1) is 15.4. The van der Waals surface area contributed by atoms with Crippen LogP contribution in [-0.4, -0.2) is 26.4 Å². The number of methoxy groups -OCH3 is 3. The van der Waals surface area contributed by atoms with Crippen LogP contribution in [0.4, 0.5) is 0 Å². The standard InChI is InChI=1S/C25H24O7/c1-14(26)16-5-6-19-20-11-23(30-4)24(12-22(20)32-25(27)21(19)9-16)31-13-15-7-17(28-2)10-18(8-15)29-3/h5-12,14,26H,13H2,1-4H3. The van der Waals surface area contributed by atoms with Gasteiger partial charge in [-0.3, -0.25) is 0 Å². The van der Waals surface area contributed by atoms with E-state index in [0.29, 0.717) is 50.3 Å². The molecule has 1 atom stereocenters. The maximum atomic E-state index is 12.6. The van der Waals surface area contributed by atoms with E-state index >= 15 is 0 Å². The van der Waals surface area contributed by atoms with Crippen molar-refractivity contribution < 1.29 is 28.5 Å². The van der Waals surface area contributed by atoms with E-state index in [0.717, 1.165) is 5.56 Å². The molecule has 0 saturated carbocycles. The topological polar surface area (TPSA) is 87.4 Å². The van der Waals surface area contributed by atoms with Crippen molar-refractivity contribution in [2.45, 2.75) is 19.6 Å². The van der Waals surface area contributed by atoms with Gasteiger partial charge in [0.25, 0.3) is 0 Å². The summed E-state index contributed by atoms with van der Waals surface area (Å²) in [5, 5.41) is 11.7. The Bertz CT molecular complexity index is 1320.